The number of ether oxygens (including phenoxy) is 1. The summed E-state index contributed by atoms with van der Waals surface area (Å²) in [4.78, 5) is 14.3. The lowest BCUT2D eigenvalue weighted by molar-refractivity contribution is -0.122. The van der Waals surface area contributed by atoms with Crippen LogP contribution in [0.4, 0.5) is 0 Å². The molecule has 1 amide bonds. The minimum atomic E-state index is 0.0662. The third kappa shape index (κ3) is 5.32. The summed E-state index contributed by atoms with van der Waals surface area (Å²) in [6, 6.07) is 9.64. The molecule has 1 aliphatic rings. The topological polar surface area (TPSA) is 59.4 Å². The maximum absolute atomic E-state index is 12.1. The van der Waals surface area contributed by atoms with Crippen LogP contribution in [-0.2, 0) is 11.8 Å². The number of rotatable bonds is 7. The molecule has 6 nitrogen and oxygen atoms in total. The lowest BCUT2D eigenvalue weighted by Crippen LogP contribution is -2.42. The van der Waals surface area contributed by atoms with Gasteiger partial charge in [-0.1, -0.05) is 18.2 Å². The largest absolute Gasteiger partial charge is 0.492 e. The van der Waals surface area contributed by atoms with E-state index in [1.165, 1.54) is 5.56 Å². The summed E-state index contributed by atoms with van der Waals surface area (Å²) >= 11 is 0. The van der Waals surface area contributed by atoms with Crippen LogP contribution in [0.1, 0.15) is 24.3 Å². The molecule has 1 aromatic heterocycles. The molecule has 2 heterocycles. The van der Waals surface area contributed by atoms with Gasteiger partial charge in [0.25, 0.3) is 0 Å². The molecule has 1 N–H and O–H groups in total. The standard InChI is InChI=1S/C19H26N4O2/c1-22-14-17(13-21-22)16-7-10-23(11-8-16)15-19(24)20-9-12-25-18-5-3-2-4-6-18/h2-6,13-14,16H,7-12,15H2,1H3,(H,20,24). The van der Waals surface area contributed by atoms with E-state index in [2.05, 4.69) is 21.5 Å². The van der Waals surface area contributed by atoms with Crippen LogP contribution in [-0.4, -0.2) is 53.4 Å². The lowest BCUT2D eigenvalue weighted by atomic mass is 9.91. The van der Waals surface area contributed by atoms with E-state index >= 15 is 0 Å². The third-order valence-electron chi connectivity index (χ3n) is 4.59. The first-order valence-electron chi connectivity index (χ1n) is 8.86. The smallest absolute Gasteiger partial charge is 0.234 e. The van der Waals surface area contributed by atoms with Crippen molar-refractivity contribution in [1.29, 1.82) is 0 Å². The van der Waals surface area contributed by atoms with E-state index in [-0.39, 0.29) is 5.91 Å². The average Bonchev–Trinajstić information content (AvgIpc) is 3.07. The fourth-order valence-corrected chi connectivity index (χ4v) is 3.21. The van der Waals surface area contributed by atoms with Crippen molar-refractivity contribution in [1.82, 2.24) is 20.0 Å². The average molecular weight is 342 g/mol. The molecule has 6 heteroatoms. The quantitative estimate of drug-likeness (QED) is 0.780. The predicted octanol–water partition coefficient (Wildman–Crippen LogP) is 1.79. The molecule has 0 spiro atoms. The Kier molecular flexibility index (Phi) is 6.06. The number of carbonyl (C=O) groups excluding carboxylic acids is 1. The first-order chi connectivity index (χ1) is 12.2. The maximum Gasteiger partial charge on any atom is 0.234 e. The summed E-state index contributed by atoms with van der Waals surface area (Å²) in [5, 5.41) is 7.18. The number of benzene rings is 1. The van der Waals surface area contributed by atoms with Gasteiger partial charge in [-0.25, -0.2) is 0 Å². The zero-order valence-corrected chi connectivity index (χ0v) is 14.7. The Hall–Kier alpha value is -2.34. The van der Waals surface area contributed by atoms with E-state index < -0.39 is 0 Å². The number of carbonyl (C=O) groups is 1. The molecule has 3 rings (SSSR count). The molecule has 0 unspecified atom stereocenters. The predicted molar refractivity (Wildman–Crippen MR) is 96.6 cm³/mol. The van der Waals surface area contributed by atoms with Gasteiger partial charge in [0.2, 0.25) is 5.91 Å². The molecule has 0 bridgehead atoms. The van der Waals surface area contributed by atoms with Gasteiger partial charge in [-0.15, -0.1) is 0 Å². The second kappa shape index (κ2) is 8.67. The molecular formula is C19H26N4O2. The third-order valence-corrected chi connectivity index (χ3v) is 4.59. The van der Waals surface area contributed by atoms with Crippen LogP contribution >= 0.6 is 0 Å². The van der Waals surface area contributed by atoms with E-state index in [0.717, 1.165) is 31.7 Å². The molecule has 0 aliphatic carbocycles. The number of aromatic nitrogens is 2. The maximum atomic E-state index is 12.1. The molecule has 1 aliphatic heterocycles. The van der Waals surface area contributed by atoms with Crippen molar-refractivity contribution in [3.63, 3.8) is 0 Å². The molecule has 25 heavy (non-hydrogen) atoms. The van der Waals surface area contributed by atoms with Crippen LogP contribution in [0.25, 0.3) is 0 Å². The van der Waals surface area contributed by atoms with Crippen molar-refractivity contribution in [3.8, 4) is 5.75 Å². The number of para-hydroxylation sites is 1. The Morgan fingerprint density at radius 2 is 2.04 bits per heavy atom. The highest BCUT2D eigenvalue weighted by Crippen LogP contribution is 2.27. The minimum Gasteiger partial charge on any atom is -0.492 e. The van der Waals surface area contributed by atoms with E-state index in [9.17, 15) is 4.79 Å². The van der Waals surface area contributed by atoms with E-state index in [4.69, 9.17) is 4.74 Å². The zero-order chi connectivity index (χ0) is 17.5. The number of hydrogen-bond acceptors (Lipinski definition) is 4. The van der Waals surface area contributed by atoms with Crippen molar-refractivity contribution >= 4 is 5.91 Å². The van der Waals surface area contributed by atoms with Crippen LogP contribution in [0.15, 0.2) is 42.7 Å². The summed E-state index contributed by atoms with van der Waals surface area (Å²) in [6.07, 6.45) is 6.21. The van der Waals surface area contributed by atoms with Gasteiger partial charge in [0.05, 0.1) is 19.3 Å². The minimum absolute atomic E-state index is 0.0662. The Balaban J connectivity index is 1.31. The SMILES string of the molecule is Cn1cc(C2CCN(CC(=O)NCCOc3ccccc3)CC2)cn1. The first kappa shape index (κ1) is 17.5. The lowest BCUT2D eigenvalue weighted by Gasteiger charge is -2.30. The van der Waals surface area contributed by atoms with Gasteiger partial charge in [-0.3, -0.25) is 14.4 Å². The highest BCUT2D eigenvalue weighted by atomic mass is 16.5. The van der Waals surface area contributed by atoms with Crippen molar-refractivity contribution in [2.24, 2.45) is 7.05 Å². The summed E-state index contributed by atoms with van der Waals surface area (Å²) in [5.74, 6) is 1.46. The fourth-order valence-electron chi connectivity index (χ4n) is 3.21. The number of amides is 1. The Labute approximate surface area is 148 Å². The van der Waals surface area contributed by atoms with Gasteiger partial charge in [0.1, 0.15) is 12.4 Å². The normalized spacial score (nSPS) is 15.9. The molecule has 0 atom stereocenters. The molecule has 0 radical (unpaired) electrons. The van der Waals surface area contributed by atoms with E-state index in [0.29, 0.717) is 25.6 Å². The second-order valence-electron chi connectivity index (χ2n) is 6.51. The summed E-state index contributed by atoms with van der Waals surface area (Å²) in [6.45, 7) is 3.38. The number of piperidine rings is 1. The van der Waals surface area contributed by atoms with Crippen molar-refractivity contribution in [2.45, 2.75) is 18.8 Å². The van der Waals surface area contributed by atoms with Crippen LogP contribution in [0.2, 0.25) is 0 Å². The van der Waals surface area contributed by atoms with Crippen molar-refractivity contribution in [2.75, 3.05) is 32.8 Å². The molecular weight excluding hydrogens is 316 g/mol. The number of likely N-dealkylation sites (tertiary alicyclic amines) is 1. The van der Waals surface area contributed by atoms with Gasteiger partial charge in [-0.05, 0) is 49.5 Å². The van der Waals surface area contributed by atoms with Gasteiger partial charge >= 0.3 is 0 Å². The van der Waals surface area contributed by atoms with Gasteiger partial charge < -0.3 is 10.1 Å². The first-order valence-corrected chi connectivity index (χ1v) is 8.86. The number of nitrogens with one attached hydrogen (secondary N) is 1. The highest BCUT2D eigenvalue weighted by Gasteiger charge is 2.22. The van der Waals surface area contributed by atoms with E-state index in [1.807, 2.05) is 48.3 Å². The molecule has 2 aromatic rings. The fraction of sp³-hybridized carbons (Fsp3) is 0.474. The summed E-state index contributed by atoms with van der Waals surface area (Å²) < 4.78 is 7.43. The second-order valence-corrected chi connectivity index (χ2v) is 6.51. The van der Waals surface area contributed by atoms with Gasteiger partial charge in [-0.2, -0.15) is 5.10 Å². The van der Waals surface area contributed by atoms with Crippen LogP contribution in [0, 0.1) is 0 Å². The molecule has 1 saturated heterocycles. The number of aryl methyl sites for hydroxylation is 1. The molecule has 134 valence electrons. The Bertz CT molecular complexity index is 663. The summed E-state index contributed by atoms with van der Waals surface area (Å²) in [5.41, 5.74) is 1.31. The van der Waals surface area contributed by atoms with Crippen molar-refractivity contribution in [3.05, 3.63) is 48.3 Å². The van der Waals surface area contributed by atoms with Crippen LogP contribution < -0.4 is 10.1 Å². The van der Waals surface area contributed by atoms with Gasteiger partial charge in [0, 0.05) is 13.2 Å². The summed E-state index contributed by atoms with van der Waals surface area (Å²) in [7, 11) is 1.95. The van der Waals surface area contributed by atoms with Crippen LogP contribution in [0.5, 0.6) is 5.75 Å². The Morgan fingerprint density at radius 1 is 1.28 bits per heavy atom. The molecule has 1 fully saturated rings. The highest BCUT2D eigenvalue weighted by molar-refractivity contribution is 5.78. The molecule has 0 saturated carbocycles. The van der Waals surface area contributed by atoms with Crippen LogP contribution in [0.3, 0.4) is 0 Å². The van der Waals surface area contributed by atoms with Crippen molar-refractivity contribution < 1.29 is 9.53 Å². The van der Waals surface area contributed by atoms with Gasteiger partial charge in [0.15, 0.2) is 0 Å². The number of hydrogen-bond donors (Lipinski definition) is 1. The Morgan fingerprint density at radius 3 is 2.72 bits per heavy atom. The number of nitrogens with zero attached hydrogens (tertiary/aromatic N) is 3. The zero-order valence-electron chi connectivity index (χ0n) is 14.7. The van der Waals surface area contributed by atoms with E-state index in [1.54, 1.807) is 0 Å². The molecule has 1 aromatic carbocycles. The monoisotopic (exact) mass is 342 g/mol.